The normalized spacial score (nSPS) is 13.7. The maximum absolute atomic E-state index is 12.0. The zero-order chi connectivity index (χ0) is 15.9. The molecule has 1 aliphatic carbocycles. The average molecular weight is 301 g/mol. The number of benzene rings is 1. The van der Waals surface area contributed by atoms with Gasteiger partial charge in [-0.3, -0.25) is 4.79 Å². The van der Waals surface area contributed by atoms with Crippen molar-refractivity contribution >= 4 is 17.6 Å². The van der Waals surface area contributed by atoms with E-state index in [2.05, 4.69) is 17.0 Å². The number of esters is 1. The molecule has 0 bridgehead atoms. The molecule has 0 radical (unpaired) electrons. The molecule has 1 aromatic carbocycles. The van der Waals surface area contributed by atoms with Crippen LogP contribution in [-0.4, -0.2) is 25.6 Å². The van der Waals surface area contributed by atoms with Crippen molar-refractivity contribution in [3.8, 4) is 0 Å². The van der Waals surface area contributed by atoms with E-state index in [0.29, 0.717) is 11.3 Å². The van der Waals surface area contributed by atoms with Gasteiger partial charge in [0.25, 0.3) is 5.91 Å². The summed E-state index contributed by atoms with van der Waals surface area (Å²) in [5.74, 6) is -0.0158. The molecule has 116 valence electrons. The van der Waals surface area contributed by atoms with Crippen molar-refractivity contribution in [2.24, 2.45) is 0 Å². The van der Waals surface area contributed by atoms with E-state index < -0.39 is 5.97 Å². The Hall–Kier alpha value is -2.56. The summed E-state index contributed by atoms with van der Waals surface area (Å²) in [6.07, 6.45) is 5.62. The van der Waals surface area contributed by atoms with Crippen LogP contribution in [-0.2, 0) is 14.3 Å². The summed E-state index contributed by atoms with van der Waals surface area (Å²) in [6, 6.07) is 6.69. The van der Waals surface area contributed by atoms with E-state index in [1.807, 2.05) is 12.2 Å². The summed E-state index contributed by atoms with van der Waals surface area (Å²) in [4.78, 5) is 23.6. The van der Waals surface area contributed by atoms with Gasteiger partial charge in [-0.05, 0) is 31.6 Å². The quantitative estimate of drug-likeness (QED) is 0.849. The van der Waals surface area contributed by atoms with Crippen LogP contribution in [0.5, 0.6) is 0 Å². The maximum atomic E-state index is 12.0. The molecular weight excluding hydrogens is 282 g/mol. The lowest BCUT2D eigenvalue weighted by atomic mass is 10.1. The fraction of sp³-hybridized carbons (Fsp3) is 0.294. The zero-order valence-corrected chi connectivity index (χ0v) is 12.7. The topological polar surface area (TPSA) is 64.6 Å². The fourth-order valence-corrected chi connectivity index (χ4v) is 2.07. The Morgan fingerprint density at radius 2 is 1.95 bits per heavy atom. The van der Waals surface area contributed by atoms with Crippen LogP contribution in [0, 0.1) is 0 Å². The molecule has 1 aliphatic rings. The molecule has 22 heavy (non-hydrogen) atoms. The highest BCUT2D eigenvalue weighted by Gasteiger charge is 2.14. The minimum atomic E-state index is -0.493. The highest BCUT2D eigenvalue weighted by molar-refractivity contribution is 6.01. The van der Waals surface area contributed by atoms with Crippen molar-refractivity contribution in [3.63, 3.8) is 0 Å². The van der Waals surface area contributed by atoms with Crippen molar-refractivity contribution in [3.05, 3.63) is 53.3 Å². The molecule has 1 aromatic rings. The number of carbonyl (C=O) groups excluding carboxylic acids is 2. The Labute approximate surface area is 129 Å². The van der Waals surface area contributed by atoms with Crippen LogP contribution in [0.1, 0.15) is 30.1 Å². The molecule has 5 nitrogen and oxygen atoms in total. The van der Waals surface area contributed by atoms with Gasteiger partial charge in [0, 0.05) is 6.42 Å². The average Bonchev–Trinajstić information content (AvgIpc) is 2.54. The van der Waals surface area contributed by atoms with E-state index in [1.165, 1.54) is 12.7 Å². The van der Waals surface area contributed by atoms with Gasteiger partial charge in [-0.25, -0.2) is 4.79 Å². The summed E-state index contributed by atoms with van der Waals surface area (Å²) in [5, 5.41) is 2.67. The van der Waals surface area contributed by atoms with Crippen LogP contribution in [0.4, 0.5) is 5.69 Å². The number of anilines is 1. The van der Waals surface area contributed by atoms with Crippen molar-refractivity contribution < 1.29 is 19.1 Å². The van der Waals surface area contributed by atoms with Crippen LogP contribution in [0.25, 0.3) is 0 Å². The van der Waals surface area contributed by atoms with Gasteiger partial charge in [-0.1, -0.05) is 23.8 Å². The molecule has 0 aliphatic heterocycles. The largest absolute Gasteiger partial charge is 0.488 e. The van der Waals surface area contributed by atoms with Gasteiger partial charge in [0.2, 0.25) is 0 Å². The molecule has 0 spiro atoms. The van der Waals surface area contributed by atoms with E-state index in [0.717, 1.165) is 18.6 Å². The van der Waals surface area contributed by atoms with Crippen LogP contribution in [0.3, 0.4) is 0 Å². The van der Waals surface area contributed by atoms with Crippen LogP contribution < -0.4 is 5.32 Å². The molecule has 0 atom stereocenters. The molecule has 1 amide bonds. The van der Waals surface area contributed by atoms with Crippen LogP contribution in [0.15, 0.2) is 47.7 Å². The van der Waals surface area contributed by atoms with Crippen molar-refractivity contribution in [2.45, 2.75) is 19.8 Å². The lowest BCUT2D eigenvalue weighted by molar-refractivity contribution is -0.119. The second-order valence-corrected chi connectivity index (χ2v) is 5.02. The van der Waals surface area contributed by atoms with E-state index >= 15 is 0 Å². The van der Waals surface area contributed by atoms with Crippen molar-refractivity contribution in [1.82, 2.24) is 0 Å². The second kappa shape index (κ2) is 7.45. The first-order valence-electron chi connectivity index (χ1n) is 7.06. The van der Waals surface area contributed by atoms with Gasteiger partial charge in [-0.2, -0.15) is 0 Å². The molecular formula is C17H19NO4. The monoisotopic (exact) mass is 301 g/mol. The highest BCUT2D eigenvalue weighted by atomic mass is 16.5. The molecule has 0 saturated carbocycles. The lowest BCUT2D eigenvalue weighted by Crippen LogP contribution is -2.20. The number of carbonyl (C=O) groups is 2. The number of methoxy groups -OCH3 is 1. The van der Waals surface area contributed by atoms with Gasteiger partial charge >= 0.3 is 5.97 Å². The van der Waals surface area contributed by atoms with Gasteiger partial charge in [-0.15, -0.1) is 0 Å². The lowest BCUT2D eigenvalue weighted by Gasteiger charge is -2.14. The summed E-state index contributed by atoms with van der Waals surface area (Å²) in [5.41, 5.74) is 2.02. The summed E-state index contributed by atoms with van der Waals surface area (Å²) < 4.78 is 10.2. The Morgan fingerprint density at radius 1 is 1.18 bits per heavy atom. The number of hydrogen-bond acceptors (Lipinski definition) is 4. The Balaban J connectivity index is 1.94. The van der Waals surface area contributed by atoms with Crippen molar-refractivity contribution in [2.75, 3.05) is 19.0 Å². The molecule has 2 rings (SSSR count). The molecule has 1 N–H and O–H groups in total. The number of nitrogens with one attached hydrogen (secondary N) is 1. The number of rotatable bonds is 5. The Bertz CT molecular complexity index is 631. The minimum absolute atomic E-state index is 0.0891. The fourth-order valence-electron chi connectivity index (χ4n) is 2.07. The third-order valence-electron chi connectivity index (χ3n) is 3.31. The second-order valence-electron chi connectivity index (χ2n) is 5.02. The first-order valence-corrected chi connectivity index (χ1v) is 7.06. The molecule has 0 heterocycles. The summed E-state index contributed by atoms with van der Waals surface area (Å²) >= 11 is 0. The summed E-state index contributed by atoms with van der Waals surface area (Å²) in [7, 11) is 1.30. The maximum Gasteiger partial charge on any atom is 0.339 e. The minimum Gasteiger partial charge on any atom is -0.488 e. The van der Waals surface area contributed by atoms with Gasteiger partial charge in [0.1, 0.15) is 0 Å². The first-order chi connectivity index (χ1) is 10.6. The molecule has 0 saturated heterocycles. The highest BCUT2D eigenvalue weighted by Crippen LogP contribution is 2.19. The first kappa shape index (κ1) is 15.8. The van der Waals surface area contributed by atoms with Gasteiger partial charge in [0.15, 0.2) is 6.61 Å². The van der Waals surface area contributed by atoms with Gasteiger partial charge in [0.05, 0.1) is 24.1 Å². The van der Waals surface area contributed by atoms with E-state index in [1.54, 1.807) is 24.3 Å². The Kier molecular flexibility index (Phi) is 5.36. The third-order valence-corrected chi connectivity index (χ3v) is 3.31. The predicted octanol–water partition coefficient (Wildman–Crippen LogP) is 3.05. The van der Waals surface area contributed by atoms with E-state index in [-0.39, 0.29) is 12.5 Å². The molecule has 0 fully saturated rings. The van der Waals surface area contributed by atoms with Crippen molar-refractivity contribution in [1.29, 1.82) is 0 Å². The van der Waals surface area contributed by atoms with E-state index in [9.17, 15) is 9.59 Å². The number of amides is 1. The third kappa shape index (κ3) is 4.22. The standard InChI is InChI=1S/C17H19NO4/c1-12-7-9-13(10-8-12)22-11-16(19)18-15-6-4-3-5-14(15)17(20)21-2/h3-7,9H,8,10-11H2,1-2H3,(H,18,19). The SMILES string of the molecule is COC(=O)c1ccccc1NC(=O)COC1=CC=C(C)CC1. The number of allylic oxidation sites excluding steroid dienone is 4. The molecule has 0 aromatic heterocycles. The zero-order valence-electron chi connectivity index (χ0n) is 12.7. The van der Waals surface area contributed by atoms with Gasteiger partial charge < -0.3 is 14.8 Å². The van der Waals surface area contributed by atoms with Crippen LogP contribution in [0.2, 0.25) is 0 Å². The van der Waals surface area contributed by atoms with Crippen LogP contribution >= 0.6 is 0 Å². The number of para-hydroxylation sites is 1. The number of ether oxygens (including phenoxy) is 2. The predicted molar refractivity (Wildman–Crippen MR) is 83.4 cm³/mol. The molecule has 0 unspecified atom stereocenters. The summed E-state index contributed by atoms with van der Waals surface area (Å²) in [6.45, 7) is 1.97. The smallest absolute Gasteiger partial charge is 0.339 e. The van der Waals surface area contributed by atoms with E-state index in [4.69, 9.17) is 4.74 Å². The Morgan fingerprint density at radius 3 is 2.64 bits per heavy atom. The molecule has 5 heteroatoms. The number of hydrogen-bond donors (Lipinski definition) is 1.